The lowest BCUT2D eigenvalue weighted by atomic mass is 9.46. The van der Waals surface area contributed by atoms with Crippen LogP contribution >= 0.6 is 0 Å². The van der Waals surface area contributed by atoms with Crippen LogP contribution in [0.2, 0.25) is 0 Å². The van der Waals surface area contributed by atoms with Gasteiger partial charge in [0, 0.05) is 30.6 Å². The Morgan fingerprint density at radius 2 is 1.57 bits per heavy atom. The molecule has 0 aromatic heterocycles. The summed E-state index contributed by atoms with van der Waals surface area (Å²) in [5, 5.41) is 17.6. The van der Waals surface area contributed by atoms with Crippen LogP contribution < -0.4 is 16.4 Å². The lowest BCUT2D eigenvalue weighted by Gasteiger charge is -2.57. The van der Waals surface area contributed by atoms with E-state index < -0.39 is 58.9 Å². The number of carbonyl (C=O) groups is 6. The van der Waals surface area contributed by atoms with E-state index in [1.54, 1.807) is 6.08 Å². The average Bonchev–Trinajstić information content (AvgIpc) is 3.46. The number of Topliss-reactive ketones (excluding diaryl/α,β-unsaturated/α-hetero) is 2. The van der Waals surface area contributed by atoms with Crippen LogP contribution in [-0.4, -0.2) is 71.3 Å². The van der Waals surface area contributed by atoms with E-state index in [1.165, 1.54) is 0 Å². The number of unbranched alkanes of at least 4 members (excludes halogenated alkanes) is 1. The lowest BCUT2D eigenvalue weighted by Crippen LogP contribution is -2.61. The molecule has 6 rings (SSSR count). The molecule has 2 amide bonds. The molecule has 0 bridgehead atoms. The molecule has 0 spiro atoms. The average molecular weight is 771 g/mol. The molecule has 12 heteroatoms. The number of allylic oxidation sites excluding steroid dienone is 1. The highest BCUT2D eigenvalue weighted by Gasteiger charge is 2.68. The molecule has 0 saturated heterocycles. The van der Waals surface area contributed by atoms with Gasteiger partial charge in [0.05, 0.1) is 6.54 Å². The first-order valence-electron chi connectivity index (χ1n) is 20.1. The highest BCUT2D eigenvalue weighted by Crippen LogP contribution is 2.66. The fourth-order valence-electron chi connectivity index (χ4n) is 10.2. The SMILES string of the molecule is C[C@]12CCC(=O)C=C1CCC1C2C(=O)C[C@@]2(C)C1CC[C@]2(O)C(=O)COC(=O)[C@H](CCCC[NH3+])NC(=O)C(Cc1ccccc1)NC(=O)OCc1ccccc1. The molecular formula is C44H56N3O9+. The molecular weight excluding hydrogens is 714 g/mol. The van der Waals surface area contributed by atoms with Gasteiger partial charge in [0.15, 0.2) is 12.4 Å². The first-order valence-corrected chi connectivity index (χ1v) is 20.1. The third-order valence-corrected chi connectivity index (χ3v) is 13.3. The Hall–Kier alpha value is -4.68. The predicted octanol–water partition coefficient (Wildman–Crippen LogP) is 3.98. The fourth-order valence-corrected chi connectivity index (χ4v) is 10.2. The van der Waals surface area contributed by atoms with Crippen LogP contribution in [0.15, 0.2) is 72.3 Å². The van der Waals surface area contributed by atoms with Crippen LogP contribution in [0.4, 0.5) is 4.79 Å². The minimum atomic E-state index is -1.88. The maximum Gasteiger partial charge on any atom is 0.408 e. The van der Waals surface area contributed by atoms with Crippen LogP contribution in [0.25, 0.3) is 0 Å². The van der Waals surface area contributed by atoms with Gasteiger partial charge < -0.3 is 30.9 Å². The summed E-state index contributed by atoms with van der Waals surface area (Å²) >= 11 is 0. The number of ketones is 3. The number of rotatable bonds is 15. The molecule has 0 radical (unpaired) electrons. The molecule has 3 fully saturated rings. The Labute approximate surface area is 328 Å². The van der Waals surface area contributed by atoms with Crippen molar-refractivity contribution in [2.24, 2.45) is 28.6 Å². The molecule has 12 nitrogen and oxygen atoms in total. The number of ether oxygens (including phenoxy) is 2. The highest BCUT2D eigenvalue weighted by molar-refractivity contribution is 5.96. The number of amides is 2. The highest BCUT2D eigenvalue weighted by atomic mass is 16.5. The second kappa shape index (κ2) is 17.2. The zero-order valence-corrected chi connectivity index (χ0v) is 32.6. The summed E-state index contributed by atoms with van der Waals surface area (Å²) in [7, 11) is 0. The van der Waals surface area contributed by atoms with Gasteiger partial charge in [-0.15, -0.1) is 0 Å². The van der Waals surface area contributed by atoms with Gasteiger partial charge in [-0.25, -0.2) is 9.59 Å². The van der Waals surface area contributed by atoms with Crippen molar-refractivity contribution in [1.82, 2.24) is 10.6 Å². The van der Waals surface area contributed by atoms with Gasteiger partial charge >= 0.3 is 12.1 Å². The second-order valence-electron chi connectivity index (χ2n) is 16.7. The Morgan fingerprint density at radius 3 is 2.27 bits per heavy atom. The maximum absolute atomic E-state index is 14.1. The summed E-state index contributed by atoms with van der Waals surface area (Å²) in [6, 6.07) is 16.0. The molecule has 4 aliphatic rings. The first-order chi connectivity index (χ1) is 26.8. The summed E-state index contributed by atoms with van der Waals surface area (Å²) < 4.78 is 11.0. The smallest absolute Gasteiger partial charge is 0.408 e. The van der Waals surface area contributed by atoms with Crippen LogP contribution in [0.3, 0.4) is 0 Å². The van der Waals surface area contributed by atoms with E-state index in [0.29, 0.717) is 51.5 Å². The number of aliphatic hydroxyl groups is 1. The van der Waals surface area contributed by atoms with Crippen LogP contribution in [0.5, 0.6) is 0 Å². The zero-order valence-electron chi connectivity index (χ0n) is 32.6. The number of hydrogen-bond donors (Lipinski definition) is 4. The third kappa shape index (κ3) is 8.37. The Bertz CT molecular complexity index is 1830. The van der Waals surface area contributed by atoms with Crippen molar-refractivity contribution in [1.29, 1.82) is 0 Å². The largest absolute Gasteiger partial charge is 0.456 e. The van der Waals surface area contributed by atoms with Crippen molar-refractivity contribution in [3.05, 3.63) is 83.4 Å². The Kier molecular flexibility index (Phi) is 12.6. The van der Waals surface area contributed by atoms with Crippen molar-refractivity contribution in [2.75, 3.05) is 13.2 Å². The van der Waals surface area contributed by atoms with Gasteiger partial charge in [0.2, 0.25) is 11.7 Å². The van der Waals surface area contributed by atoms with Crippen molar-refractivity contribution in [3.63, 3.8) is 0 Å². The third-order valence-electron chi connectivity index (χ3n) is 13.3. The van der Waals surface area contributed by atoms with Crippen molar-refractivity contribution in [2.45, 2.75) is 109 Å². The molecule has 2 aromatic rings. The number of esters is 1. The summed E-state index contributed by atoms with van der Waals surface area (Å²) in [4.78, 5) is 80.7. The topological polar surface area (TPSA) is 193 Å². The number of carbonyl (C=O) groups excluding carboxylic acids is 6. The van der Waals surface area contributed by atoms with Crippen molar-refractivity contribution in [3.8, 4) is 0 Å². The molecule has 0 aliphatic heterocycles. The van der Waals surface area contributed by atoms with Crippen molar-refractivity contribution < 1.29 is 49.1 Å². The van der Waals surface area contributed by atoms with E-state index in [0.717, 1.165) is 16.7 Å². The Morgan fingerprint density at radius 1 is 0.875 bits per heavy atom. The fraction of sp³-hybridized carbons (Fsp3) is 0.545. The van der Waals surface area contributed by atoms with E-state index in [9.17, 15) is 33.9 Å². The van der Waals surface area contributed by atoms with Crippen LogP contribution in [-0.2, 0) is 46.5 Å². The van der Waals surface area contributed by atoms with E-state index >= 15 is 0 Å². The minimum Gasteiger partial charge on any atom is -0.456 e. The van der Waals surface area contributed by atoms with E-state index in [2.05, 4.69) is 23.3 Å². The summed E-state index contributed by atoms with van der Waals surface area (Å²) in [5.41, 5.74) is 3.14. The number of benzene rings is 2. The van der Waals surface area contributed by atoms with Gasteiger partial charge in [-0.1, -0.05) is 80.1 Å². The molecule has 4 unspecified atom stereocenters. The van der Waals surface area contributed by atoms with E-state index in [4.69, 9.17) is 9.47 Å². The molecule has 2 aromatic carbocycles. The molecule has 6 N–H and O–H groups in total. The summed E-state index contributed by atoms with van der Waals surface area (Å²) in [5.74, 6) is -2.40. The monoisotopic (exact) mass is 770 g/mol. The minimum absolute atomic E-state index is 0.00173. The normalized spacial score (nSPS) is 29.1. The second-order valence-corrected chi connectivity index (χ2v) is 16.7. The van der Waals surface area contributed by atoms with Gasteiger partial charge in [0.1, 0.15) is 30.1 Å². The zero-order chi connectivity index (χ0) is 40.1. The summed E-state index contributed by atoms with van der Waals surface area (Å²) in [6.45, 7) is 3.82. The number of fused-ring (bicyclic) bond motifs is 5. The molecule has 3 saturated carbocycles. The number of quaternary nitrogens is 1. The van der Waals surface area contributed by atoms with Crippen LogP contribution in [0.1, 0.15) is 89.2 Å². The molecule has 4 aliphatic carbocycles. The number of alkyl carbamates (subject to hydrolysis) is 1. The maximum atomic E-state index is 14.1. The van der Waals surface area contributed by atoms with Gasteiger partial charge in [-0.3, -0.25) is 19.2 Å². The molecule has 8 atom stereocenters. The van der Waals surface area contributed by atoms with E-state index in [1.807, 2.05) is 67.6 Å². The number of nitrogens with one attached hydrogen (secondary N) is 2. The van der Waals surface area contributed by atoms with Crippen LogP contribution in [0, 0.1) is 28.6 Å². The molecule has 56 heavy (non-hydrogen) atoms. The Balaban J connectivity index is 1.12. The lowest BCUT2D eigenvalue weighted by molar-refractivity contribution is -0.368. The molecule has 300 valence electrons. The van der Waals surface area contributed by atoms with Gasteiger partial charge in [-0.2, -0.15) is 0 Å². The van der Waals surface area contributed by atoms with Gasteiger partial charge in [0.25, 0.3) is 0 Å². The van der Waals surface area contributed by atoms with Crippen molar-refractivity contribution >= 4 is 35.3 Å². The van der Waals surface area contributed by atoms with E-state index in [-0.39, 0.29) is 61.6 Å². The number of hydrogen-bond acceptors (Lipinski definition) is 9. The first kappa shape index (κ1) is 41.0. The molecule has 0 heterocycles. The van der Waals surface area contributed by atoms with Gasteiger partial charge in [-0.05, 0) is 85.8 Å². The predicted molar refractivity (Wildman–Crippen MR) is 205 cm³/mol. The summed E-state index contributed by atoms with van der Waals surface area (Å²) in [6.07, 6.45) is 5.66. The standard InChI is InChI=1S/C44H55N3O9/c1-42-20-18-31(48)24-30(42)16-17-32-33-19-21-44(54,43(33,2)25-36(49)38(32)42)37(50)27-55-40(52)34(15-9-10-22-45)46-39(51)35(23-28-11-5-3-6-12-28)47-41(53)56-26-29-13-7-4-8-14-29/h3-8,11-14,24,32-35,38,54H,9-10,15-23,25-27,45H2,1-2H3,(H,46,51)(H,47,53)/p+1/t32?,33?,34-,35?,38?,42-,43-,44-/m0/s1. The quantitative estimate of drug-likeness (QED) is 0.153.